The second kappa shape index (κ2) is 16.2. The quantitative estimate of drug-likeness (QED) is 0.244. The Morgan fingerprint density at radius 3 is 2.10 bits per heavy atom. The SMILES string of the molecule is CN[C@@H](C)C(=O)N[C@H]1CCS[C@H]2CC(C)(C)[C@@H](C(=O)N[C@H](C(=O)N[C@H]3CC[C@H](NC(=O)Cc4ccccc4)CC3)c3ccccc3)N2C1=O. The molecule has 2 saturated heterocycles. The number of hydrogen-bond acceptors (Lipinski definition) is 7. The van der Waals surface area contributed by atoms with Crippen molar-refractivity contribution in [1.29, 1.82) is 0 Å². The monoisotopic (exact) mass is 690 g/mol. The van der Waals surface area contributed by atoms with Crippen LogP contribution in [0, 0.1) is 5.41 Å². The molecule has 2 aromatic carbocycles. The van der Waals surface area contributed by atoms with Gasteiger partial charge >= 0.3 is 0 Å². The molecule has 2 aromatic rings. The summed E-state index contributed by atoms with van der Waals surface area (Å²) in [5, 5.41) is 14.9. The maximum Gasteiger partial charge on any atom is 0.247 e. The number of carbonyl (C=O) groups excluding carboxylic acids is 5. The summed E-state index contributed by atoms with van der Waals surface area (Å²) in [6, 6.07) is 15.7. The van der Waals surface area contributed by atoms with Gasteiger partial charge in [-0.05, 0) is 74.8 Å². The molecular weight excluding hydrogens is 641 g/mol. The van der Waals surface area contributed by atoms with Crippen molar-refractivity contribution in [3.05, 3.63) is 71.8 Å². The van der Waals surface area contributed by atoms with E-state index in [0.717, 1.165) is 18.4 Å². The number of carbonyl (C=O) groups is 5. The van der Waals surface area contributed by atoms with E-state index in [1.807, 2.05) is 74.5 Å². The zero-order chi connectivity index (χ0) is 35.1. The first-order chi connectivity index (χ1) is 23.5. The average Bonchev–Trinajstić information content (AvgIpc) is 3.28. The number of amides is 5. The molecule has 2 heterocycles. The minimum absolute atomic E-state index is 0.00914. The number of hydrogen-bond donors (Lipinski definition) is 5. The summed E-state index contributed by atoms with van der Waals surface area (Å²) in [4.78, 5) is 69.2. The van der Waals surface area contributed by atoms with E-state index in [1.165, 1.54) is 0 Å². The van der Waals surface area contributed by atoms with Gasteiger partial charge in [0.05, 0.1) is 17.8 Å². The van der Waals surface area contributed by atoms with Crippen molar-refractivity contribution in [1.82, 2.24) is 31.5 Å². The van der Waals surface area contributed by atoms with Crippen LogP contribution in [0.25, 0.3) is 0 Å². The molecule has 5 atom stereocenters. The fraction of sp³-hybridized carbons (Fsp3) is 0.541. The Labute approximate surface area is 293 Å². The highest BCUT2D eigenvalue weighted by Crippen LogP contribution is 2.46. The van der Waals surface area contributed by atoms with Crippen molar-refractivity contribution in [2.24, 2.45) is 5.41 Å². The smallest absolute Gasteiger partial charge is 0.247 e. The van der Waals surface area contributed by atoms with Crippen molar-refractivity contribution in [2.75, 3.05) is 12.8 Å². The van der Waals surface area contributed by atoms with Crippen LogP contribution in [0.1, 0.15) is 76.5 Å². The zero-order valence-corrected chi connectivity index (χ0v) is 29.7. The summed E-state index contributed by atoms with van der Waals surface area (Å²) in [6.45, 7) is 5.69. The van der Waals surface area contributed by atoms with Gasteiger partial charge in [-0.1, -0.05) is 74.5 Å². The Morgan fingerprint density at radius 1 is 0.857 bits per heavy atom. The highest BCUT2D eigenvalue weighted by atomic mass is 32.2. The van der Waals surface area contributed by atoms with Crippen LogP contribution in [0.2, 0.25) is 0 Å². The molecule has 11 nitrogen and oxygen atoms in total. The van der Waals surface area contributed by atoms with Gasteiger partial charge in [-0.15, -0.1) is 11.8 Å². The molecule has 0 radical (unpaired) electrons. The minimum Gasteiger partial charge on any atom is -0.353 e. The van der Waals surface area contributed by atoms with E-state index in [4.69, 9.17) is 0 Å². The van der Waals surface area contributed by atoms with Gasteiger partial charge in [0.1, 0.15) is 18.1 Å². The first-order valence-corrected chi connectivity index (χ1v) is 18.4. The van der Waals surface area contributed by atoms with E-state index in [-0.39, 0.29) is 41.1 Å². The van der Waals surface area contributed by atoms with E-state index in [1.54, 1.807) is 30.6 Å². The number of fused-ring (bicyclic) bond motifs is 1. The number of likely N-dealkylation sites (N-methyl/N-ethyl adjacent to an activating group) is 1. The van der Waals surface area contributed by atoms with Gasteiger partial charge in [0.2, 0.25) is 29.5 Å². The topological polar surface area (TPSA) is 149 Å². The van der Waals surface area contributed by atoms with Crippen molar-refractivity contribution in [3.8, 4) is 0 Å². The molecule has 3 fully saturated rings. The molecule has 2 aliphatic heterocycles. The Balaban J connectivity index is 1.25. The molecule has 0 spiro atoms. The summed E-state index contributed by atoms with van der Waals surface area (Å²) in [5.74, 6) is -0.592. The number of benzene rings is 2. The van der Waals surface area contributed by atoms with Crippen LogP contribution in [-0.4, -0.2) is 82.8 Å². The van der Waals surface area contributed by atoms with Crippen molar-refractivity contribution >= 4 is 41.3 Å². The Kier molecular flexibility index (Phi) is 12.0. The maximum atomic E-state index is 14.3. The molecule has 0 aromatic heterocycles. The lowest BCUT2D eigenvalue weighted by Crippen LogP contribution is -2.58. The molecule has 5 amide bonds. The van der Waals surface area contributed by atoms with Crippen molar-refractivity contribution in [2.45, 2.75) is 107 Å². The molecule has 0 unspecified atom stereocenters. The second-order valence-electron chi connectivity index (χ2n) is 14.2. The normalized spacial score (nSPS) is 26.0. The standard InChI is InChI=1S/C37H50N6O5S/c1-23(38-4)33(45)41-28-19-20-49-30-22-37(2,3)32(43(30)36(28)48)35(47)42-31(25-13-9-6-10-14-25)34(46)40-27-17-15-26(16-18-27)39-29(44)21-24-11-7-5-8-12-24/h5-14,23,26-28,30-32,38H,15-22H2,1-4H3,(H,39,44)(H,40,46)(H,41,45)(H,42,47)/t23-,26-,27-,28-,30-,31-,32+/m0/s1. The lowest BCUT2D eigenvalue weighted by Gasteiger charge is -2.35. The predicted molar refractivity (Wildman–Crippen MR) is 190 cm³/mol. The summed E-state index contributed by atoms with van der Waals surface area (Å²) in [5.41, 5.74) is 1.05. The highest BCUT2D eigenvalue weighted by Gasteiger charge is 2.55. The number of rotatable bonds is 11. The molecular formula is C37H50N6O5S. The van der Waals surface area contributed by atoms with Gasteiger partial charge in [-0.2, -0.15) is 0 Å². The summed E-state index contributed by atoms with van der Waals surface area (Å²) < 4.78 is 0. The number of thioether (sulfide) groups is 1. The Bertz CT molecular complexity index is 1480. The van der Waals surface area contributed by atoms with Crippen LogP contribution in [-0.2, 0) is 30.4 Å². The van der Waals surface area contributed by atoms with Gasteiger partial charge in [-0.25, -0.2) is 0 Å². The lowest BCUT2D eigenvalue weighted by atomic mass is 9.83. The van der Waals surface area contributed by atoms with E-state index in [2.05, 4.69) is 26.6 Å². The van der Waals surface area contributed by atoms with E-state index in [0.29, 0.717) is 43.4 Å². The van der Waals surface area contributed by atoms with Crippen molar-refractivity contribution in [3.63, 3.8) is 0 Å². The zero-order valence-electron chi connectivity index (χ0n) is 28.9. The third-order valence-electron chi connectivity index (χ3n) is 10.0. The van der Waals surface area contributed by atoms with Crippen LogP contribution in [0.15, 0.2) is 60.7 Å². The molecule has 12 heteroatoms. The molecule has 264 valence electrons. The van der Waals surface area contributed by atoms with Crippen LogP contribution in [0.3, 0.4) is 0 Å². The molecule has 5 N–H and O–H groups in total. The third kappa shape index (κ3) is 9.02. The first-order valence-electron chi connectivity index (χ1n) is 17.4. The van der Waals surface area contributed by atoms with E-state index >= 15 is 0 Å². The van der Waals surface area contributed by atoms with Crippen LogP contribution in [0.5, 0.6) is 0 Å². The minimum atomic E-state index is -0.964. The molecule has 1 saturated carbocycles. The molecule has 5 rings (SSSR count). The largest absolute Gasteiger partial charge is 0.353 e. The van der Waals surface area contributed by atoms with E-state index < -0.39 is 35.5 Å². The van der Waals surface area contributed by atoms with Gasteiger partial charge in [0.15, 0.2) is 0 Å². The average molecular weight is 691 g/mol. The van der Waals surface area contributed by atoms with Gasteiger partial charge in [-0.3, -0.25) is 24.0 Å². The Hall–Kier alpha value is -3.90. The second-order valence-corrected chi connectivity index (χ2v) is 15.5. The van der Waals surface area contributed by atoms with Crippen molar-refractivity contribution < 1.29 is 24.0 Å². The fourth-order valence-electron chi connectivity index (χ4n) is 7.17. The van der Waals surface area contributed by atoms with E-state index in [9.17, 15) is 24.0 Å². The number of nitrogens with one attached hydrogen (secondary N) is 5. The van der Waals surface area contributed by atoms with Crippen LogP contribution >= 0.6 is 11.8 Å². The summed E-state index contributed by atoms with van der Waals surface area (Å²) in [7, 11) is 1.69. The summed E-state index contributed by atoms with van der Waals surface area (Å²) >= 11 is 1.63. The molecule has 3 aliphatic rings. The van der Waals surface area contributed by atoms with Crippen LogP contribution in [0.4, 0.5) is 0 Å². The first kappa shape index (κ1) is 36.4. The van der Waals surface area contributed by atoms with Crippen LogP contribution < -0.4 is 26.6 Å². The van der Waals surface area contributed by atoms with Gasteiger partial charge in [0.25, 0.3) is 0 Å². The third-order valence-corrected chi connectivity index (χ3v) is 11.3. The summed E-state index contributed by atoms with van der Waals surface area (Å²) in [6.07, 6.45) is 4.31. The predicted octanol–water partition coefficient (Wildman–Crippen LogP) is 2.81. The number of nitrogens with zero attached hydrogens (tertiary/aromatic N) is 1. The maximum absolute atomic E-state index is 14.3. The lowest BCUT2D eigenvalue weighted by molar-refractivity contribution is -0.144. The fourth-order valence-corrected chi connectivity index (χ4v) is 8.75. The molecule has 0 bridgehead atoms. The van der Waals surface area contributed by atoms with Gasteiger partial charge < -0.3 is 31.5 Å². The Morgan fingerprint density at radius 2 is 1.47 bits per heavy atom. The highest BCUT2D eigenvalue weighted by molar-refractivity contribution is 7.99. The molecule has 1 aliphatic carbocycles. The molecule has 49 heavy (non-hydrogen) atoms. The van der Waals surface area contributed by atoms with Gasteiger partial charge in [0, 0.05) is 12.1 Å².